The van der Waals surface area contributed by atoms with Crippen molar-refractivity contribution in [1.29, 1.82) is 0 Å². The zero-order valence-electron chi connectivity index (χ0n) is 10.7. The first-order valence-corrected chi connectivity index (χ1v) is 20.7. The van der Waals surface area contributed by atoms with Crippen LogP contribution in [0.1, 0.15) is 13.8 Å². The second-order valence-electron chi connectivity index (χ2n) is 4.07. The molecule has 0 unspecified atom stereocenters. The summed E-state index contributed by atoms with van der Waals surface area (Å²) in [6.07, 6.45) is 0. The van der Waals surface area contributed by atoms with Gasteiger partial charge in [0.15, 0.2) is 0 Å². The topological polar surface area (TPSA) is 34.1 Å². The summed E-state index contributed by atoms with van der Waals surface area (Å²) in [5.74, 6) is 0. The van der Waals surface area contributed by atoms with Gasteiger partial charge in [-0.2, -0.15) is 0 Å². The minimum absolute atomic E-state index is 0.0317. The van der Waals surface area contributed by atoms with Crippen molar-refractivity contribution >= 4 is 59.8 Å². The third-order valence-electron chi connectivity index (χ3n) is 2.23. The summed E-state index contributed by atoms with van der Waals surface area (Å²) in [4.78, 5) is 24.0. The van der Waals surface area contributed by atoms with Crippen LogP contribution in [0, 0.1) is 0 Å². The Morgan fingerprint density at radius 3 is 1.72 bits per heavy atom. The molecular formula is C12H18O2Se4. The predicted molar refractivity (Wildman–Crippen MR) is 81.9 cm³/mol. The molecular weight excluding hydrogens is 492 g/mol. The van der Waals surface area contributed by atoms with Gasteiger partial charge >= 0.3 is 129 Å². The molecule has 1 rings (SSSR count). The maximum absolute atomic E-state index is 12.0. The molecule has 0 aromatic heterocycles. The normalized spacial score (nSPS) is 19.9. The van der Waals surface area contributed by atoms with E-state index in [9.17, 15) is 9.59 Å². The van der Waals surface area contributed by atoms with E-state index < -0.39 is 9.19 Å². The Balaban J connectivity index is 2.81. The summed E-state index contributed by atoms with van der Waals surface area (Å²) >= 11 is 0.819. The van der Waals surface area contributed by atoms with Crippen molar-refractivity contribution in [1.82, 2.24) is 0 Å². The number of carbonyl (C=O) groups excluding carboxylic acids is 2. The molecule has 0 N–H and O–H groups in total. The third kappa shape index (κ3) is 5.11. The molecule has 18 heavy (non-hydrogen) atoms. The van der Waals surface area contributed by atoms with Crippen LogP contribution in [-0.2, 0) is 9.59 Å². The van der Waals surface area contributed by atoms with Crippen LogP contribution in [0.25, 0.3) is 0 Å². The van der Waals surface area contributed by atoms with Crippen molar-refractivity contribution in [3.05, 3.63) is 24.3 Å². The van der Waals surface area contributed by atoms with Gasteiger partial charge in [-0.15, -0.1) is 0 Å². The molecule has 1 saturated heterocycles. The van der Waals surface area contributed by atoms with E-state index in [2.05, 4.69) is 13.2 Å². The molecule has 0 aromatic carbocycles. The van der Waals surface area contributed by atoms with Gasteiger partial charge in [0.05, 0.1) is 0 Å². The van der Waals surface area contributed by atoms with E-state index >= 15 is 0 Å². The summed E-state index contributed by atoms with van der Waals surface area (Å²) in [7, 11) is -1.82. The number of hydrogen-bond acceptors (Lipinski definition) is 2. The molecule has 0 aliphatic carbocycles. The molecule has 6 heteroatoms. The zero-order valence-corrected chi connectivity index (χ0v) is 17.5. The monoisotopic (exact) mass is 514 g/mol. The van der Waals surface area contributed by atoms with Crippen LogP contribution < -0.4 is 0 Å². The van der Waals surface area contributed by atoms with Crippen molar-refractivity contribution in [3.8, 4) is 0 Å². The summed E-state index contributed by atoms with van der Waals surface area (Å²) in [6, 6.07) is 0. The molecule has 0 amide bonds. The molecule has 0 radical (unpaired) electrons. The van der Waals surface area contributed by atoms with E-state index in [1.54, 1.807) is 13.8 Å². The molecule has 1 aliphatic heterocycles. The fourth-order valence-electron chi connectivity index (χ4n) is 1.18. The van der Waals surface area contributed by atoms with Gasteiger partial charge in [-0.05, 0) is 0 Å². The van der Waals surface area contributed by atoms with Gasteiger partial charge in [0.2, 0.25) is 0 Å². The van der Waals surface area contributed by atoms with Gasteiger partial charge in [-0.1, -0.05) is 0 Å². The third-order valence-corrected chi connectivity index (χ3v) is 38.7. The van der Waals surface area contributed by atoms with Gasteiger partial charge in [-0.3, -0.25) is 0 Å². The Morgan fingerprint density at radius 1 is 1.00 bits per heavy atom. The van der Waals surface area contributed by atoms with Crippen molar-refractivity contribution in [2.45, 2.75) is 35.1 Å². The summed E-state index contributed by atoms with van der Waals surface area (Å²) in [5, 5.41) is 5.00. The first-order chi connectivity index (χ1) is 8.36. The molecule has 0 bridgehead atoms. The fraction of sp³-hybridized carbons (Fsp3) is 0.500. The molecule has 0 aromatic rings. The van der Waals surface area contributed by atoms with Gasteiger partial charge in [0, 0.05) is 0 Å². The van der Waals surface area contributed by atoms with Crippen molar-refractivity contribution in [3.63, 3.8) is 0 Å². The van der Waals surface area contributed by atoms with Gasteiger partial charge in [-0.25, -0.2) is 0 Å². The van der Waals surface area contributed by atoms with Gasteiger partial charge in [0.1, 0.15) is 0 Å². The Morgan fingerprint density at radius 2 is 1.39 bits per heavy atom. The minimum atomic E-state index is -1.82. The molecule has 102 valence electrons. The van der Waals surface area contributed by atoms with Crippen LogP contribution in [0.5, 0.6) is 0 Å². The summed E-state index contributed by atoms with van der Waals surface area (Å²) < 4.78 is 0.515. The number of rotatable bonds is 6. The maximum atomic E-state index is 12.0. The van der Waals surface area contributed by atoms with Crippen LogP contribution in [0.3, 0.4) is 0 Å². The number of carbonyl (C=O) groups is 2. The van der Waals surface area contributed by atoms with E-state index in [-0.39, 0.29) is 35.6 Å². The van der Waals surface area contributed by atoms with E-state index in [1.807, 2.05) is 0 Å². The van der Waals surface area contributed by atoms with Crippen molar-refractivity contribution < 1.29 is 9.59 Å². The average molecular weight is 510 g/mol. The summed E-state index contributed by atoms with van der Waals surface area (Å²) in [5.41, 5.74) is 1.36. The standard InChI is InChI=1S/C12H18O2Se4/c1-9(2)11(13)16-18(7-5-15-6-8-18)17-12(14)10(3)4/h1,3,5-8H2,2,4H3. The Bertz CT molecular complexity index is 354. The second-order valence-corrected chi connectivity index (χ2v) is 36.8. The number of allylic oxidation sites excluding steroid dienone is 2. The van der Waals surface area contributed by atoms with Crippen LogP contribution in [0.15, 0.2) is 24.3 Å². The Hall–Kier alpha value is 0.898. The molecule has 1 heterocycles. The molecule has 0 saturated carbocycles. The van der Waals surface area contributed by atoms with E-state index in [0.29, 0.717) is 11.1 Å². The summed E-state index contributed by atoms with van der Waals surface area (Å²) in [6.45, 7) is 11.1. The molecule has 0 atom stereocenters. The zero-order chi connectivity index (χ0) is 13.8. The Labute approximate surface area is 128 Å². The van der Waals surface area contributed by atoms with Crippen LogP contribution in [0.2, 0.25) is 21.3 Å². The predicted octanol–water partition coefficient (Wildman–Crippen LogP) is 1.60. The molecule has 1 aliphatic rings. The van der Waals surface area contributed by atoms with E-state index in [0.717, 1.165) is 15.0 Å². The Kier molecular flexibility index (Phi) is 7.18. The SMILES string of the molecule is C=C(C)C(=O)[Se][Se]1([Se]C(=O)C(=C)C)CC[Se]CC1. The fourth-order valence-corrected chi connectivity index (χ4v) is 51.7. The van der Waals surface area contributed by atoms with E-state index in [4.69, 9.17) is 0 Å². The number of hydrogen-bond donors (Lipinski definition) is 0. The van der Waals surface area contributed by atoms with Gasteiger partial charge < -0.3 is 0 Å². The van der Waals surface area contributed by atoms with E-state index in [1.165, 1.54) is 21.3 Å². The second kappa shape index (κ2) is 7.62. The van der Waals surface area contributed by atoms with Crippen LogP contribution in [-0.4, -0.2) is 59.8 Å². The average Bonchev–Trinajstić information content (AvgIpc) is 2.29. The molecule has 0 spiro atoms. The van der Waals surface area contributed by atoms with Gasteiger partial charge in [0.25, 0.3) is 0 Å². The van der Waals surface area contributed by atoms with Crippen LogP contribution in [0.4, 0.5) is 0 Å². The molecule has 1 fully saturated rings. The van der Waals surface area contributed by atoms with Crippen molar-refractivity contribution in [2.75, 3.05) is 0 Å². The first kappa shape index (κ1) is 17.0. The first-order valence-electron chi connectivity index (χ1n) is 5.51. The quantitative estimate of drug-likeness (QED) is 0.402. The van der Waals surface area contributed by atoms with Crippen molar-refractivity contribution in [2.24, 2.45) is 0 Å². The molecule has 2 nitrogen and oxygen atoms in total. The van der Waals surface area contributed by atoms with Crippen LogP contribution >= 0.6 is 0 Å².